The Morgan fingerprint density at radius 3 is 1.04 bits per heavy atom. The SMILES string of the molecule is O=C1c2cccc(-n3c4ccc(-c5nc(-c6ccccc6)nc(-c6ccccc6)n5)cc4c4cc(-c5nc(-c6ccccc6)nc(-c6ccccc6)n5)ccc43)c2C(=O)N1c1ccc(-c2ccccc2)cc1. The van der Waals surface area contributed by atoms with Gasteiger partial charge in [0.05, 0.1) is 33.5 Å². The van der Waals surface area contributed by atoms with Gasteiger partial charge >= 0.3 is 0 Å². The molecule has 0 spiro atoms. The van der Waals surface area contributed by atoms with Crippen LogP contribution in [0, 0.1) is 0 Å². The van der Waals surface area contributed by atoms with E-state index in [-0.39, 0.29) is 5.91 Å². The Bertz CT molecular complexity index is 3760. The number of hydrogen-bond donors (Lipinski definition) is 0. The highest BCUT2D eigenvalue weighted by Crippen LogP contribution is 2.41. The first-order chi connectivity index (χ1) is 35.5. The number of carbonyl (C=O) groups excluding carboxylic acids is 2. The predicted octanol–water partition coefficient (Wildman–Crippen LogP) is 13.6. The average molecular weight is 927 g/mol. The van der Waals surface area contributed by atoms with E-state index in [1.165, 1.54) is 4.90 Å². The highest BCUT2D eigenvalue weighted by atomic mass is 16.2. The highest BCUT2D eigenvalue weighted by molar-refractivity contribution is 6.36. The molecule has 10 heteroatoms. The molecular formula is C62H38N8O2. The molecule has 0 N–H and O–H groups in total. The lowest BCUT2D eigenvalue weighted by Crippen LogP contribution is -2.29. The van der Waals surface area contributed by atoms with Crippen molar-refractivity contribution in [3.8, 4) is 85.1 Å². The third-order valence-electron chi connectivity index (χ3n) is 13.0. The van der Waals surface area contributed by atoms with Crippen LogP contribution in [0.2, 0.25) is 0 Å². The Labute approximate surface area is 413 Å². The van der Waals surface area contributed by atoms with Crippen LogP contribution in [0.25, 0.3) is 107 Å². The van der Waals surface area contributed by atoms with Crippen LogP contribution in [0.5, 0.6) is 0 Å². The van der Waals surface area contributed by atoms with Crippen LogP contribution in [-0.4, -0.2) is 46.3 Å². The van der Waals surface area contributed by atoms with E-state index in [1.807, 2.05) is 212 Å². The number of amides is 2. The Balaban J connectivity index is 1.01. The lowest BCUT2D eigenvalue weighted by Gasteiger charge is -2.15. The molecular weight excluding hydrogens is 889 g/mol. The van der Waals surface area contributed by atoms with Crippen LogP contribution in [0.4, 0.5) is 5.69 Å². The van der Waals surface area contributed by atoms with Crippen LogP contribution < -0.4 is 4.90 Å². The minimum absolute atomic E-state index is 0.316. The molecule has 338 valence electrons. The quantitative estimate of drug-likeness (QED) is 0.131. The van der Waals surface area contributed by atoms with Crippen LogP contribution in [0.3, 0.4) is 0 Å². The lowest BCUT2D eigenvalue weighted by atomic mass is 10.1. The Kier molecular flexibility index (Phi) is 10.2. The van der Waals surface area contributed by atoms with E-state index < -0.39 is 5.91 Å². The summed E-state index contributed by atoms with van der Waals surface area (Å²) in [6.07, 6.45) is 0. The number of benzene rings is 9. The van der Waals surface area contributed by atoms with Crippen molar-refractivity contribution in [2.24, 2.45) is 0 Å². The summed E-state index contributed by atoms with van der Waals surface area (Å²) in [6, 6.07) is 74.8. The zero-order valence-electron chi connectivity index (χ0n) is 38.3. The van der Waals surface area contributed by atoms with Crippen LogP contribution in [0.15, 0.2) is 231 Å². The molecule has 4 heterocycles. The van der Waals surface area contributed by atoms with Gasteiger partial charge in [-0.25, -0.2) is 34.8 Å². The summed E-state index contributed by atoms with van der Waals surface area (Å²) in [5.74, 6) is 2.39. The third kappa shape index (κ3) is 7.38. The number of nitrogens with zero attached hydrogens (tertiary/aromatic N) is 8. The van der Waals surface area contributed by atoms with Gasteiger partial charge in [0.25, 0.3) is 11.8 Å². The maximum absolute atomic E-state index is 14.9. The maximum atomic E-state index is 14.9. The van der Waals surface area contributed by atoms with Crippen molar-refractivity contribution in [1.82, 2.24) is 34.5 Å². The molecule has 72 heavy (non-hydrogen) atoms. The van der Waals surface area contributed by atoms with Crippen molar-refractivity contribution in [2.75, 3.05) is 4.90 Å². The van der Waals surface area contributed by atoms with E-state index in [1.54, 1.807) is 6.07 Å². The van der Waals surface area contributed by atoms with Gasteiger partial charge in [-0.3, -0.25) is 9.59 Å². The van der Waals surface area contributed by atoms with E-state index in [0.29, 0.717) is 57.4 Å². The maximum Gasteiger partial charge on any atom is 0.268 e. The zero-order valence-corrected chi connectivity index (χ0v) is 38.3. The van der Waals surface area contributed by atoms with Crippen molar-refractivity contribution in [1.29, 1.82) is 0 Å². The van der Waals surface area contributed by atoms with Crippen molar-refractivity contribution in [3.05, 3.63) is 242 Å². The standard InChI is InChI=1S/C62H38N8O2/c71-61-48-27-16-28-53(54(48)62(72)69(61)47-33-29-40(30-34-47)39-17-6-1-7-18-39)70-51-35-31-45(59-65-55(41-19-8-2-9-20-41)63-56(66-59)42-21-10-3-11-22-42)37-49(51)50-38-46(32-36-52(50)70)60-67-57(43-23-12-4-13-24-43)64-58(68-60)44-25-14-5-15-26-44/h1-38H. The summed E-state index contributed by atoms with van der Waals surface area (Å²) < 4.78 is 2.07. The minimum Gasteiger partial charge on any atom is -0.308 e. The first-order valence-electron chi connectivity index (χ1n) is 23.5. The molecule has 0 saturated carbocycles. The van der Waals surface area contributed by atoms with E-state index in [4.69, 9.17) is 29.9 Å². The highest BCUT2D eigenvalue weighted by Gasteiger charge is 2.39. The summed E-state index contributed by atoms with van der Waals surface area (Å²) in [4.78, 5) is 60.7. The second-order valence-corrected chi connectivity index (χ2v) is 17.4. The lowest BCUT2D eigenvalue weighted by molar-refractivity contribution is 0.0926. The summed E-state index contributed by atoms with van der Waals surface area (Å²) in [7, 11) is 0. The van der Waals surface area contributed by atoms with Crippen LogP contribution >= 0.6 is 0 Å². The minimum atomic E-state index is -0.402. The Hall–Kier alpha value is -10.1. The van der Waals surface area contributed by atoms with E-state index in [9.17, 15) is 9.59 Å². The summed E-state index contributed by atoms with van der Waals surface area (Å²) in [6.45, 7) is 0. The van der Waals surface area contributed by atoms with Gasteiger partial charge in [-0.05, 0) is 71.8 Å². The van der Waals surface area contributed by atoms with Crippen molar-refractivity contribution in [3.63, 3.8) is 0 Å². The smallest absolute Gasteiger partial charge is 0.268 e. The molecule has 3 aromatic heterocycles. The largest absolute Gasteiger partial charge is 0.308 e. The number of fused-ring (bicyclic) bond motifs is 4. The van der Waals surface area contributed by atoms with Gasteiger partial charge < -0.3 is 4.57 Å². The van der Waals surface area contributed by atoms with E-state index >= 15 is 0 Å². The monoisotopic (exact) mass is 926 g/mol. The van der Waals surface area contributed by atoms with Crippen molar-refractivity contribution >= 4 is 39.3 Å². The molecule has 0 unspecified atom stereocenters. The Morgan fingerprint density at radius 2 is 0.639 bits per heavy atom. The first-order valence-corrected chi connectivity index (χ1v) is 23.5. The molecule has 13 rings (SSSR count). The summed E-state index contributed by atoms with van der Waals surface area (Å²) in [5.41, 5.74) is 10.3. The normalized spacial score (nSPS) is 12.2. The number of imide groups is 1. The Morgan fingerprint density at radius 1 is 0.292 bits per heavy atom. The zero-order chi connectivity index (χ0) is 48.1. The van der Waals surface area contributed by atoms with Crippen LogP contribution in [0.1, 0.15) is 20.7 Å². The molecule has 12 aromatic rings. The van der Waals surface area contributed by atoms with Gasteiger partial charge in [0.15, 0.2) is 34.9 Å². The molecule has 1 aliphatic rings. The second kappa shape index (κ2) is 17.5. The molecule has 10 nitrogen and oxygen atoms in total. The van der Waals surface area contributed by atoms with Gasteiger partial charge in [-0.15, -0.1) is 0 Å². The molecule has 1 aliphatic heterocycles. The molecule has 0 fully saturated rings. The van der Waals surface area contributed by atoms with Gasteiger partial charge in [-0.2, -0.15) is 0 Å². The molecule has 2 amide bonds. The summed E-state index contributed by atoms with van der Waals surface area (Å²) in [5, 5.41) is 1.71. The first kappa shape index (κ1) is 42.1. The number of aromatic nitrogens is 7. The molecule has 9 aromatic carbocycles. The van der Waals surface area contributed by atoms with Gasteiger partial charge in [0, 0.05) is 44.2 Å². The van der Waals surface area contributed by atoms with Gasteiger partial charge in [0.2, 0.25) is 0 Å². The van der Waals surface area contributed by atoms with E-state index in [0.717, 1.165) is 66.3 Å². The predicted molar refractivity (Wildman–Crippen MR) is 283 cm³/mol. The number of hydrogen-bond acceptors (Lipinski definition) is 8. The van der Waals surface area contributed by atoms with Crippen LogP contribution in [-0.2, 0) is 0 Å². The fraction of sp³-hybridized carbons (Fsp3) is 0. The molecule has 0 bridgehead atoms. The average Bonchev–Trinajstić information content (AvgIpc) is 3.92. The third-order valence-corrected chi connectivity index (χ3v) is 13.0. The molecule has 0 radical (unpaired) electrons. The fourth-order valence-corrected chi connectivity index (χ4v) is 9.56. The fourth-order valence-electron chi connectivity index (χ4n) is 9.56. The number of carbonyl (C=O) groups is 2. The molecule has 0 atom stereocenters. The van der Waals surface area contributed by atoms with Crippen molar-refractivity contribution < 1.29 is 9.59 Å². The van der Waals surface area contributed by atoms with Gasteiger partial charge in [0.1, 0.15) is 0 Å². The number of anilines is 1. The molecule has 0 saturated heterocycles. The second-order valence-electron chi connectivity index (χ2n) is 17.4. The van der Waals surface area contributed by atoms with Crippen molar-refractivity contribution in [2.45, 2.75) is 0 Å². The summed E-state index contributed by atoms with van der Waals surface area (Å²) >= 11 is 0. The topological polar surface area (TPSA) is 120 Å². The van der Waals surface area contributed by atoms with Gasteiger partial charge in [-0.1, -0.05) is 170 Å². The number of rotatable bonds is 9. The molecule has 0 aliphatic carbocycles. The van der Waals surface area contributed by atoms with E-state index in [2.05, 4.69) is 16.7 Å².